The molecule has 0 aliphatic carbocycles. The van der Waals surface area contributed by atoms with Gasteiger partial charge in [0.25, 0.3) is 5.91 Å². The molecule has 2 rings (SSSR count). The number of anilines is 2. The first-order chi connectivity index (χ1) is 12.3. The fraction of sp³-hybridized carbons (Fsp3) is 0.250. The number of aryl methyl sites for hydroxylation is 2. The summed E-state index contributed by atoms with van der Waals surface area (Å²) in [7, 11) is 0. The third-order valence-corrected chi connectivity index (χ3v) is 4.10. The lowest BCUT2D eigenvalue weighted by Gasteiger charge is -2.13. The first-order valence-electron chi connectivity index (χ1n) is 8.30. The Morgan fingerprint density at radius 3 is 2.15 bits per heavy atom. The van der Waals surface area contributed by atoms with Crippen molar-refractivity contribution in [3.63, 3.8) is 0 Å². The molecule has 3 amide bonds. The molecule has 0 aliphatic heterocycles. The van der Waals surface area contributed by atoms with Crippen LogP contribution in [0.15, 0.2) is 36.4 Å². The quantitative estimate of drug-likeness (QED) is 0.772. The maximum absolute atomic E-state index is 12.2. The van der Waals surface area contributed by atoms with Crippen molar-refractivity contribution in [3.05, 3.63) is 58.7 Å². The molecule has 26 heavy (non-hydrogen) atoms. The summed E-state index contributed by atoms with van der Waals surface area (Å²) in [4.78, 5) is 35.5. The van der Waals surface area contributed by atoms with Crippen LogP contribution in [-0.2, 0) is 9.59 Å². The number of rotatable bonds is 5. The molecule has 2 aromatic rings. The van der Waals surface area contributed by atoms with E-state index in [9.17, 15) is 14.4 Å². The van der Waals surface area contributed by atoms with E-state index in [0.717, 1.165) is 16.7 Å². The highest BCUT2D eigenvalue weighted by molar-refractivity contribution is 6.00. The van der Waals surface area contributed by atoms with Crippen LogP contribution < -0.4 is 16.0 Å². The van der Waals surface area contributed by atoms with Gasteiger partial charge in [0, 0.05) is 23.9 Å². The number of amides is 3. The summed E-state index contributed by atoms with van der Waals surface area (Å²) in [5.74, 6) is -0.825. The van der Waals surface area contributed by atoms with Gasteiger partial charge in [-0.25, -0.2) is 0 Å². The molecule has 0 aliphatic rings. The lowest BCUT2D eigenvalue weighted by molar-refractivity contribution is -0.115. The van der Waals surface area contributed by atoms with Crippen LogP contribution in [0.5, 0.6) is 0 Å². The summed E-state index contributed by atoms with van der Waals surface area (Å²) in [6, 6.07) is 10.6. The Kier molecular flexibility index (Phi) is 6.11. The normalized spacial score (nSPS) is 10.2. The number of carbonyl (C=O) groups excluding carboxylic acids is 3. The molecule has 0 bridgehead atoms. The van der Waals surface area contributed by atoms with Gasteiger partial charge in [-0.05, 0) is 61.7 Å². The van der Waals surface area contributed by atoms with Crippen LogP contribution in [0.4, 0.5) is 11.4 Å². The average molecular weight is 353 g/mol. The van der Waals surface area contributed by atoms with Gasteiger partial charge in [0.15, 0.2) is 0 Å². The molecule has 0 spiro atoms. The molecule has 6 nitrogen and oxygen atoms in total. The van der Waals surface area contributed by atoms with Crippen molar-refractivity contribution < 1.29 is 14.4 Å². The minimum atomic E-state index is -0.342. The molecule has 0 heterocycles. The molecule has 3 N–H and O–H groups in total. The maximum Gasteiger partial charge on any atom is 0.251 e. The summed E-state index contributed by atoms with van der Waals surface area (Å²) in [5, 5.41) is 8.07. The Hall–Kier alpha value is -3.15. The molecule has 0 aromatic heterocycles. The highest BCUT2D eigenvalue weighted by atomic mass is 16.2. The van der Waals surface area contributed by atoms with E-state index in [0.29, 0.717) is 16.9 Å². The highest BCUT2D eigenvalue weighted by Gasteiger charge is 2.11. The molecule has 2 aromatic carbocycles. The number of hydrogen-bond acceptors (Lipinski definition) is 3. The molecule has 0 unspecified atom stereocenters. The molecular weight excluding hydrogens is 330 g/mol. The maximum atomic E-state index is 12.2. The second-order valence-electron chi connectivity index (χ2n) is 6.19. The smallest absolute Gasteiger partial charge is 0.251 e. The molecular formula is C20H23N3O3. The Morgan fingerprint density at radius 1 is 0.885 bits per heavy atom. The molecule has 0 fully saturated rings. The minimum Gasteiger partial charge on any atom is -0.343 e. The summed E-state index contributed by atoms with van der Waals surface area (Å²) in [6.07, 6.45) is 0. The van der Waals surface area contributed by atoms with Crippen LogP contribution in [0.1, 0.15) is 34.0 Å². The van der Waals surface area contributed by atoms with E-state index in [2.05, 4.69) is 16.0 Å². The van der Waals surface area contributed by atoms with Crippen LogP contribution >= 0.6 is 0 Å². The number of hydrogen-bond donors (Lipinski definition) is 3. The third kappa shape index (κ3) is 4.92. The fourth-order valence-corrected chi connectivity index (χ4v) is 2.44. The predicted octanol–water partition coefficient (Wildman–Crippen LogP) is 2.94. The van der Waals surface area contributed by atoms with Crippen molar-refractivity contribution in [2.45, 2.75) is 27.7 Å². The summed E-state index contributed by atoms with van der Waals surface area (Å²) < 4.78 is 0. The van der Waals surface area contributed by atoms with E-state index in [1.807, 2.05) is 19.9 Å². The zero-order chi connectivity index (χ0) is 19.3. The van der Waals surface area contributed by atoms with Gasteiger partial charge in [-0.15, -0.1) is 0 Å². The number of nitrogens with one attached hydrogen (secondary N) is 3. The number of benzene rings is 2. The van der Waals surface area contributed by atoms with E-state index in [-0.39, 0.29) is 24.3 Å². The fourth-order valence-electron chi connectivity index (χ4n) is 2.44. The minimum absolute atomic E-state index is 0.143. The van der Waals surface area contributed by atoms with Gasteiger partial charge in [0.2, 0.25) is 11.8 Å². The summed E-state index contributed by atoms with van der Waals surface area (Å²) >= 11 is 0. The van der Waals surface area contributed by atoms with Gasteiger partial charge in [0.1, 0.15) is 0 Å². The van der Waals surface area contributed by atoms with Crippen molar-refractivity contribution in [3.8, 4) is 0 Å². The molecule has 0 radical (unpaired) electrons. The second kappa shape index (κ2) is 8.29. The van der Waals surface area contributed by atoms with Crippen LogP contribution in [0, 0.1) is 20.8 Å². The lowest BCUT2D eigenvalue weighted by atomic mass is 10.1. The highest BCUT2D eigenvalue weighted by Crippen LogP contribution is 2.23. The van der Waals surface area contributed by atoms with E-state index >= 15 is 0 Å². The van der Waals surface area contributed by atoms with E-state index in [1.165, 1.54) is 6.92 Å². The van der Waals surface area contributed by atoms with Crippen LogP contribution in [-0.4, -0.2) is 24.3 Å². The van der Waals surface area contributed by atoms with Crippen LogP contribution in [0.3, 0.4) is 0 Å². The predicted molar refractivity (Wildman–Crippen MR) is 102 cm³/mol. The van der Waals surface area contributed by atoms with Crippen molar-refractivity contribution in [1.82, 2.24) is 5.32 Å². The standard InChI is InChI=1S/C20H23N3O3/c1-12-8-9-16(10-13(12)2)20(26)21-11-19(25)23-18-7-5-6-17(14(18)3)22-15(4)24/h5-10H,11H2,1-4H3,(H,21,26)(H,22,24)(H,23,25). The zero-order valence-electron chi connectivity index (χ0n) is 15.4. The molecule has 0 saturated heterocycles. The second-order valence-corrected chi connectivity index (χ2v) is 6.19. The van der Waals surface area contributed by atoms with Gasteiger partial charge >= 0.3 is 0 Å². The van der Waals surface area contributed by atoms with Gasteiger partial charge in [-0.2, -0.15) is 0 Å². The van der Waals surface area contributed by atoms with Gasteiger partial charge < -0.3 is 16.0 Å². The van der Waals surface area contributed by atoms with Crippen molar-refractivity contribution in [1.29, 1.82) is 0 Å². The molecule has 0 atom stereocenters. The monoisotopic (exact) mass is 353 g/mol. The Bertz CT molecular complexity index is 859. The first-order valence-corrected chi connectivity index (χ1v) is 8.30. The van der Waals surface area contributed by atoms with Gasteiger partial charge in [0.05, 0.1) is 6.54 Å². The average Bonchev–Trinajstić information content (AvgIpc) is 2.58. The first kappa shape index (κ1) is 19.2. The topological polar surface area (TPSA) is 87.3 Å². The van der Waals surface area contributed by atoms with Crippen molar-refractivity contribution >= 4 is 29.1 Å². The lowest BCUT2D eigenvalue weighted by Crippen LogP contribution is -2.33. The zero-order valence-corrected chi connectivity index (χ0v) is 15.4. The van der Waals surface area contributed by atoms with Crippen molar-refractivity contribution in [2.75, 3.05) is 17.2 Å². The largest absolute Gasteiger partial charge is 0.343 e. The molecule has 6 heteroatoms. The Morgan fingerprint density at radius 2 is 1.54 bits per heavy atom. The van der Waals surface area contributed by atoms with E-state index in [1.54, 1.807) is 37.3 Å². The SMILES string of the molecule is CC(=O)Nc1cccc(NC(=O)CNC(=O)c2ccc(C)c(C)c2)c1C. The third-order valence-electron chi connectivity index (χ3n) is 4.10. The molecule has 136 valence electrons. The Balaban J connectivity index is 1.97. The number of carbonyl (C=O) groups is 3. The van der Waals surface area contributed by atoms with Gasteiger partial charge in [-0.1, -0.05) is 12.1 Å². The van der Waals surface area contributed by atoms with E-state index < -0.39 is 0 Å². The Labute approximate surface area is 153 Å². The van der Waals surface area contributed by atoms with Crippen LogP contribution in [0.25, 0.3) is 0 Å². The van der Waals surface area contributed by atoms with Gasteiger partial charge in [-0.3, -0.25) is 14.4 Å². The van der Waals surface area contributed by atoms with Crippen LogP contribution in [0.2, 0.25) is 0 Å². The summed E-state index contributed by atoms with van der Waals surface area (Å²) in [6.45, 7) is 6.99. The van der Waals surface area contributed by atoms with Crippen molar-refractivity contribution in [2.24, 2.45) is 0 Å². The van der Waals surface area contributed by atoms with E-state index in [4.69, 9.17) is 0 Å². The molecule has 0 saturated carbocycles. The summed E-state index contributed by atoms with van der Waals surface area (Å²) in [5.41, 5.74) is 4.61.